The number of aliphatic hydroxyl groups excluding tert-OH is 1. The Bertz CT molecular complexity index is 3920. The summed E-state index contributed by atoms with van der Waals surface area (Å²) in [6.45, 7) is 6.00. The second-order valence-electron chi connectivity index (χ2n) is 26.1. The number of phenolic OH excluding ortho intramolecular Hbond substituents is 3. The number of rotatable bonds is 9. The van der Waals surface area contributed by atoms with Gasteiger partial charge in [0.1, 0.15) is 40.7 Å². The number of ether oxygens (including phenoxy) is 3. The number of hydrogen-bond donors (Lipinski definition) is 6. The number of dihydropyridines is 1. The van der Waals surface area contributed by atoms with Crippen molar-refractivity contribution >= 4 is 34.0 Å². The van der Waals surface area contributed by atoms with Crippen molar-refractivity contribution in [2.24, 2.45) is 22.2 Å². The first-order valence-electron chi connectivity index (χ1n) is 31.2. The molecule has 6 N–H and O–H groups in total. The molecule has 2 saturated carbocycles. The quantitative estimate of drug-likeness (QED) is 0.0593. The Kier molecular flexibility index (Phi) is 15.3. The van der Waals surface area contributed by atoms with Gasteiger partial charge < -0.3 is 54.4 Å². The number of hydrogen-bond acceptors (Lipinski definition) is 12. The maximum Gasteiger partial charge on any atom is 0.302 e. The number of nitrogens with zero attached hydrogens (tertiary/aromatic N) is 2. The fourth-order valence-corrected chi connectivity index (χ4v) is 16.6. The number of Topliss-reactive ketones (excluding diaryl/α,β-unsaturated/α-hetero) is 2. The smallest absolute Gasteiger partial charge is 0.302 e. The van der Waals surface area contributed by atoms with Gasteiger partial charge in [-0.15, -0.1) is 0 Å². The van der Waals surface area contributed by atoms with Crippen LogP contribution in [0.15, 0.2) is 139 Å². The number of aromatic amines is 1. The highest BCUT2D eigenvalue weighted by Crippen LogP contribution is 2.65. The number of esters is 1. The SMILES string of the molecule is COc1cc([C@@H]2CC(=O)C[C@H](OC(C)=O)CC[C@@]34Cc5c[nH]cc5[C@H](C#CCC3=CC=C[C@@H]4C)[C@H](c3cccc(O)c3)C3=CCNC(=C3)N(CCC(C)=O)c3ccc4c5c(n2cc35)C[C@]2(CCC3(CCCC3)C2)[C@@H]4O)cc(O)c1Oc1cccc(O)c1. The molecule has 0 amide bonds. The number of carbonyl (C=O) groups excluding carboxylic acids is 3. The van der Waals surface area contributed by atoms with Crippen LogP contribution in [-0.2, 0) is 32.0 Å². The lowest BCUT2D eigenvalue weighted by molar-refractivity contribution is -0.148. The number of nitrogens with one attached hydrogen (secondary N) is 2. The van der Waals surface area contributed by atoms with E-state index in [-0.39, 0.29) is 88.5 Å². The van der Waals surface area contributed by atoms with Crippen molar-refractivity contribution in [2.45, 2.75) is 147 Å². The minimum absolute atomic E-state index is 0.0164. The second kappa shape index (κ2) is 23.0. The van der Waals surface area contributed by atoms with Crippen LogP contribution in [0.5, 0.6) is 34.5 Å². The summed E-state index contributed by atoms with van der Waals surface area (Å²) in [5.74, 6) is 7.34. The molecule has 6 bridgehead atoms. The van der Waals surface area contributed by atoms with Gasteiger partial charge in [0.15, 0.2) is 11.5 Å². The summed E-state index contributed by atoms with van der Waals surface area (Å²) in [5, 5.41) is 52.5. The zero-order chi connectivity index (χ0) is 60.4. The number of benzene rings is 4. The molecule has 3 spiro atoms. The lowest BCUT2D eigenvalue weighted by Crippen LogP contribution is -2.37. The van der Waals surface area contributed by atoms with Gasteiger partial charge in [-0.05, 0) is 158 Å². The van der Waals surface area contributed by atoms with Gasteiger partial charge in [-0.25, -0.2) is 0 Å². The van der Waals surface area contributed by atoms with Gasteiger partial charge in [0.05, 0.1) is 30.9 Å². The fraction of sp³-hybridized carbons (Fsp3) is 0.411. The monoisotopic (exact) mass is 1170 g/mol. The Labute approximate surface area is 508 Å². The molecule has 0 unspecified atom stereocenters. The third-order valence-electron chi connectivity index (χ3n) is 20.8. The Balaban J connectivity index is 1.05. The summed E-state index contributed by atoms with van der Waals surface area (Å²) in [5.41, 5.74) is 7.49. The van der Waals surface area contributed by atoms with Crippen LogP contribution in [0.25, 0.3) is 10.8 Å². The van der Waals surface area contributed by atoms with E-state index in [1.165, 1.54) is 44.6 Å². The first kappa shape index (κ1) is 57.7. The molecule has 87 heavy (non-hydrogen) atoms. The van der Waals surface area contributed by atoms with Crippen LogP contribution in [0.1, 0.15) is 162 Å². The predicted molar refractivity (Wildman–Crippen MR) is 334 cm³/mol. The zero-order valence-electron chi connectivity index (χ0n) is 50.2. The van der Waals surface area contributed by atoms with Crippen LogP contribution in [0.4, 0.5) is 5.69 Å². The Hall–Kier alpha value is -8.41. The highest BCUT2D eigenvalue weighted by molar-refractivity contribution is 6.00. The molecule has 8 atom stereocenters. The number of H-pyrrole nitrogens is 1. The average Bonchev–Trinajstić information content (AvgIpc) is 1.58. The van der Waals surface area contributed by atoms with Crippen molar-refractivity contribution in [3.8, 4) is 46.3 Å². The number of anilines is 1. The topological polar surface area (TPSA) is 196 Å². The number of aliphatic hydroxyl groups is 1. The summed E-state index contributed by atoms with van der Waals surface area (Å²) in [7, 11) is 1.49. The lowest BCUT2D eigenvalue weighted by Gasteiger charge is -2.43. The van der Waals surface area contributed by atoms with Gasteiger partial charge in [-0.3, -0.25) is 14.4 Å². The number of fused-ring (bicyclic) bond motifs is 3. The summed E-state index contributed by atoms with van der Waals surface area (Å²) >= 11 is 0. The largest absolute Gasteiger partial charge is 0.508 e. The third kappa shape index (κ3) is 10.7. The summed E-state index contributed by atoms with van der Waals surface area (Å²) in [4.78, 5) is 48.0. The molecule has 2 aromatic heterocycles. The lowest BCUT2D eigenvalue weighted by atomic mass is 9.61. The molecule has 0 saturated heterocycles. The van der Waals surface area contributed by atoms with Crippen LogP contribution in [-0.4, -0.2) is 73.8 Å². The number of methoxy groups -OCH3 is 1. The van der Waals surface area contributed by atoms with Crippen molar-refractivity contribution < 1.29 is 49.0 Å². The summed E-state index contributed by atoms with van der Waals surface area (Å²) < 4.78 is 20.7. The number of aromatic hydroxyl groups is 3. The van der Waals surface area contributed by atoms with Gasteiger partial charge in [-0.1, -0.05) is 85.7 Å². The Morgan fingerprint density at radius 1 is 0.885 bits per heavy atom. The van der Waals surface area contributed by atoms with Crippen LogP contribution >= 0.6 is 0 Å². The van der Waals surface area contributed by atoms with Crippen LogP contribution < -0.4 is 19.7 Å². The van der Waals surface area contributed by atoms with E-state index in [9.17, 15) is 30.0 Å². The van der Waals surface area contributed by atoms with Crippen LogP contribution in [0, 0.1) is 34.0 Å². The highest BCUT2D eigenvalue weighted by atomic mass is 16.5. The van der Waals surface area contributed by atoms with Crippen molar-refractivity contribution in [1.29, 1.82) is 0 Å². The fourth-order valence-electron chi connectivity index (χ4n) is 16.6. The standard InChI is InChI=1S/C73H78N4O10/c1-44-11-7-13-51-14-9-18-57-59-41-74-40-50(59)38-73(44,51)26-21-56(86-46(3)79)36-54(82)37-62(49-32-64(83)69(65(33-49)85-4)87-55-17-10-16-53(81)35-55)77-42-60-61(20-19-58-68(60)63(77)39-72(70(58)84)28-27-71(43-72)24-5-6-25-71)76(30-23-45(2)78)66-34-48(22-29-75-66)67(57)47-12-8-15-52(80)31-47/h7-8,10-13,15-17,19-20,22,31-35,40-42,44,56-57,62,67,70,74-75,80-81,83-84H,5-6,14,21,23-30,36-39,43H2,1-4H3/t44-,56+,57-,62-,67+,70+,72-,73-/m0/s1. The molecule has 14 heteroatoms. The first-order valence-corrected chi connectivity index (χ1v) is 31.2. The van der Waals surface area contributed by atoms with E-state index in [1.54, 1.807) is 37.3 Å². The van der Waals surface area contributed by atoms with E-state index in [4.69, 9.17) is 14.2 Å². The van der Waals surface area contributed by atoms with Crippen LogP contribution in [0.2, 0.25) is 0 Å². The minimum Gasteiger partial charge on any atom is -0.508 e. The molecule has 7 aliphatic rings. The van der Waals surface area contributed by atoms with E-state index >= 15 is 4.79 Å². The minimum atomic E-state index is -0.785. The van der Waals surface area contributed by atoms with E-state index < -0.39 is 35.0 Å². The number of phenols is 3. The number of aromatic nitrogens is 2. The number of carbonyl (C=O) groups is 3. The average molecular weight is 1170 g/mol. The maximum absolute atomic E-state index is 15.6. The highest BCUT2D eigenvalue weighted by Gasteiger charge is 2.55. The number of ketones is 2. The molecule has 4 aromatic carbocycles. The third-order valence-corrected chi connectivity index (χ3v) is 20.8. The molecule has 6 aromatic rings. The molecule has 13 rings (SSSR count). The molecule has 0 radical (unpaired) electrons. The molecular formula is C73H78N4O10. The van der Waals surface area contributed by atoms with Gasteiger partial charge in [-0.2, -0.15) is 0 Å². The van der Waals surface area contributed by atoms with Crippen LogP contribution in [0.3, 0.4) is 0 Å². The first-order chi connectivity index (χ1) is 42.0. The Morgan fingerprint density at radius 2 is 1.70 bits per heavy atom. The van der Waals surface area contributed by atoms with E-state index in [0.29, 0.717) is 50.8 Å². The van der Waals surface area contributed by atoms with Gasteiger partial charge in [0, 0.05) is 104 Å². The molecular weight excluding hydrogens is 1090 g/mol. The zero-order valence-corrected chi connectivity index (χ0v) is 50.2. The van der Waals surface area contributed by atoms with Gasteiger partial charge >= 0.3 is 5.97 Å². The van der Waals surface area contributed by atoms with Gasteiger partial charge in [0.25, 0.3) is 0 Å². The predicted octanol–water partition coefficient (Wildman–Crippen LogP) is 13.7. The van der Waals surface area contributed by atoms with Crippen molar-refractivity contribution in [3.63, 3.8) is 0 Å². The summed E-state index contributed by atoms with van der Waals surface area (Å²) in [6, 6.07) is 20.6. The molecule has 5 aliphatic carbocycles. The van der Waals surface area contributed by atoms with Crippen molar-refractivity contribution in [3.05, 3.63) is 172 Å². The van der Waals surface area contributed by atoms with E-state index in [1.807, 2.05) is 12.1 Å². The van der Waals surface area contributed by atoms with Crippen molar-refractivity contribution in [1.82, 2.24) is 14.9 Å². The second-order valence-corrected chi connectivity index (χ2v) is 26.1. The molecule has 4 heterocycles. The maximum atomic E-state index is 15.6. The van der Waals surface area contributed by atoms with E-state index in [2.05, 4.69) is 106 Å². The Morgan fingerprint density at radius 3 is 2.48 bits per heavy atom. The molecule has 450 valence electrons. The molecule has 14 nitrogen and oxygen atoms in total. The van der Waals surface area contributed by atoms with Crippen molar-refractivity contribution in [2.75, 3.05) is 25.1 Å². The van der Waals surface area contributed by atoms with Gasteiger partial charge in [0.2, 0.25) is 5.75 Å². The molecule has 2 aliphatic heterocycles. The molecule has 2 fully saturated rings. The normalized spacial score (nSPS) is 26.5. The van der Waals surface area contributed by atoms with E-state index in [0.717, 1.165) is 87.9 Å². The number of allylic oxidation sites excluding steroid dienone is 6. The summed E-state index contributed by atoms with van der Waals surface area (Å²) in [6.07, 6.45) is 25.7.